The Morgan fingerprint density at radius 2 is 1.86 bits per heavy atom. The number of nitrogens with one attached hydrogen (secondary N) is 1. The highest BCUT2D eigenvalue weighted by Crippen LogP contribution is 2.17. The van der Waals surface area contributed by atoms with Gasteiger partial charge in [0.25, 0.3) is 0 Å². The van der Waals surface area contributed by atoms with E-state index in [1.807, 2.05) is 0 Å². The van der Waals surface area contributed by atoms with Crippen molar-refractivity contribution in [3.8, 4) is 0 Å². The summed E-state index contributed by atoms with van der Waals surface area (Å²) >= 11 is 6.65. The van der Waals surface area contributed by atoms with E-state index in [2.05, 4.69) is 10.2 Å². The normalized spacial score (nSPS) is 14.9. The zero-order valence-electron chi connectivity index (χ0n) is 12.2. The van der Waals surface area contributed by atoms with Crippen molar-refractivity contribution >= 4 is 49.7 Å². The maximum absolute atomic E-state index is 11.9. The number of carbonyl (C=O) groups is 1. The molecule has 2 rings (SSSR count). The predicted molar refractivity (Wildman–Crippen MR) is 94.0 cm³/mol. The second kappa shape index (κ2) is 7.43. The van der Waals surface area contributed by atoms with E-state index >= 15 is 0 Å². The molecule has 0 aliphatic carbocycles. The van der Waals surface area contributed by atoms with Gasteiger partial charge in [0.15, 0.2) is 9.84 Å². The van der Waals surface area contributed by atoms with E-state index in [-0.39, 0.29) is 16.6 Å². The van der Waals surface area contributed by atoms with Crippen molar-refractivity contribution in [1.82, 2.24) is 4.90 Å². The first-order valence-electron chi connectivity index (χ1n) is 6.88. The lowest BCUT2D eigenvalue weighted by Gasteiger charge is -2.17. The molecule has 1 heterocycles. The minimum Gasteiger partial charge on any atom is -0.358 e. The Morgan fingerprint density at radius 1 is 1.27 bits per heavy atom. The number of likely N-dealkylation sites (tertiary alicyclic amines) is 1. The van der Waals surface area contributed by atoms with Crippen molar-refractivity contribution < 1.29 is 13.2 Å². The number of carbonyl (C=O) groups excluding carboxylic acids is 1. The Hall–Kier alpha value is -1.12. The molecule has 1 amide bonds. The third kappa shape index (κ3) is 4.96. The molecule has 1 aliphatic rings. The maximum atomic E-state index is 11.9. The van der Waals surface area contributed by atoms with Crippen LogP contribution in [0, 0.1) is 0 Å². The van der Waals surface area contributed by atoms with Gasteiger partial charge in [0.2, 0.25) is 5.91 Å². The van der Waals surface area contributed by atoms with Crippen molar-refractivity contribution in [2.45, 2.75) is 17.7 Å². The molecule has 0 unspecified atom stereocenters. The van der Waals surface area contributed by atoms with Gasteiger partial charge in [-0.3, -0.25) is 4.79 Å². The second-order valence-electron chi connectivity index (χ2n) is 5.09. The number of sulfone groups is 1. The molecule has 0 bridgehead atoms. The van der Waals surface area contributed by atoms with Crippen LogP contribution in [0.2, 0.25) is 0 Å². The molecule has 1 aromatic rings. The van der Waals surface area contributed by atoms with Crippen molar-refractivity contribution in [3.05, 3.63) is 24.3 Å². The van der Waals surface area contributed by atoms with Gasteiger partial charge in [-0.2, -0.15) is 0 Å². The molecule has 1 fully saturated rings. The summed E-state index contributed by atoms with van der Waals surface area (Å²) in [5.74, 6) is 0.0991. The Labute approximate surface area is 140 Å². The molecule has 1 aromatic carbocycles. The number of thioether (sulfide) groups is 1. The molecule has 0 saturated carbocycles. The summed E-state index contributed by atoms with van der Waals surface area (Å²) in [4.78, 5) is 14.2. The Bertz CT molecular complexity index is 650. The highest BCUT2D eigenvalue weighted by molar-refractivity contribution is 8.23. The molecule has 0 aromatic heterocycles. The van der Waals surface area contributed by atoms with E-state index in [0.717, 1.165) is 36.5 Å². The Kier molecular flexibility index (Phi) is 5.82. The minimum absolute atomic E-state index is 0.154. The molecular formula is C14H18N2O3S3. The number of rotatable bonds is 4. The predicted octanol–water partition coefficient (Wildman–Crippen LogP) is 2.14. The quantitative estimate of drug-likeness (QED) is 0.832. The fourth-order valence-corrected chi connectivity index (χ4v) is 3.78. The molecule has 0 atom stereocenters. The Balaban J connectivity index is 1.83. The third-order valence-corrected chi connectivity index (χ3v) is 5.91. The number of hydrogen-bond donors (Lipinski definition) is 1. The number of thiocarbonyl (C=S) groups is 1. The van der Waals surface area contributed by atoms with E-state index in [9.17, 15) is 13.2 Å². The van der Waals surface area contributed by atoms with Gasteiger partial charge < -0.3 is 10.2 Å². The number of amides is 1. The first-order chi connectivity index (χ1) is 10.4. The van der Waals surface area contributed by atoms with Crippen LogP contribution < -0.4 is 5.32 Å². The first kappa shape index (κ1) is 17.2. The fourth-order valence-electron chi connectivity index (χ4n) is 2.10. The monoisotopic (exact) mass is 358 g/mol. The molecule has 120 valence electrons. The lowest BCUT2D eigenvalue weighted by molar-refractivity contribution is -0.113. The van der Waals surface area contributed by atoms with Crippen LogP contribution in [0.5, 0.6) is 0 Å². The van der Waals surface area contributed by atoms with Crippen molar-refractivity contribution in [2.24, 2.45) is 0 Å². The smallest absolute Gasteiger partial charge is 0.234 e. The largest absolute Gasteiger partial charge is 0.358 e. The number of benzene rings is 1. The zero-order valence-corrected chi connectivity index (χ0v) is 14.7. The highest BCUT2D eigenvalue weighted by atomic mass is 32.2. The molecule has 1 aliphatic heterocycles. The summed E-state index contributed by atoms with van der Waals surface area (Å²) in [5, 5.41) is 2.73. The molecule has 8 heteroatoms. The van der Waals surface area contributed by atoms with Crippen molar-refractivity contribution in [1.29, 1.82) is 0 Å². The topological polar surface area (TPSA) is 66.5 Å². The van der Waals surface area contributed by atoms with Crippen LogP contribution >= 0.6 is 24.0 Å². The average Bonchev–Trinajstić information content (AvgIpc) is 2.98. The van der Waals surface area contributed by atoms with Crippen LogP contribution in [-0.2, 0) is 14.6 Å². The van der Waals surface area contributed by atoms with Crippen LogP contribution in [0.4, 0.5) is 5.69 Å². The van der Waals surface area contributed by atoms with Gasteiger partial charge in [-0.1, -0.05) is 24.0 Å². The van der Waals surface area contributed by atoms with Crippen LogP contribution in [0.25, 0.3) is 0 Å². The van der Waals surface area contributed by atoms with Gasteiger partial charge in [0, 0.05) is 25.0 Å². The third-order valence-electron chi connectivity index (χ3n) is 3.26. The summed E-state index contributed by atoms with van der Waals surface area (Å²) < 4.78 is 23.5. The van der Waals surface area contributed by atoms with Gasteiger partial charge >= 0.3 is 0 Å². The van der Waals surface area contributed by atoms with Gasteiger partial charge in [0.05, 0.1) is 10.6 Å². The van der Waals surface area contributed by atoms with Crippen molar-refractivity contribution in [3.63, 3.8) is 0 Å². The molecular weight excluding hydrogens is 340 g/mol. The van der Waals surface area contributed by atoms with Gasteiger partial charge in [-0.25, -0.2) is 8.42 Å². The summed E-state index contributed by atoms with van der Waals surface area (Å²) in [6, 6.07) is 6.12. The van der Waals surface area contributed by atoms with E-state index in [4.69, 9.17) is 12.2 Å². The molecule has 1 N–H and O–H groups in total. The standard InChI is InChI=1S/C14H18N2O3S3/c1-22(18,19)12-6-4-11(5-7-12)15-13(17)10-21-14(20)16-8-2-3-9-16/h4-7H,2-3,8-10H2,1H3,(H,15,17). The average molecular weight is 359 g/mol. The molecule has 1 saturated heterocycles. The van der Waals surface area contributed by atoms with Crippen LogP contribution in [0.1, 0.15) is 12.8 Å². The lowest BCUT2D eigenvalue weighted by Crippen LogP contribution is -2.25. The van der Waals surface area contributed by atoms with Gasteiger partial charge in [0.1, 0.15) is 4.32 Å². The minimum atomic E-state index is -3.22. The Morgan fingerprint density at radius 3 is 2.41 bits per heavy atom. The van der Waals surface area contributed by atoms with Crippen molar-refractivity contribution in [2.75, 3.05) is 30.4 Å². The highest BCUT2D eigenvalue weighted by Gasteiger charge is 2.16. The number of anilines is 1. The van der Waals surface area contributed by atoms with E-state index in [1.54, 1.807) is 12.1 Å². The molecule has 0 spiro atoms. The molecule has 5 nitrogen and oxygen atoms in total. The number of nitrogens with zero attached hydrogens (tertiary/aromatic N) is 1. The van der Waals surface area contributed by atoms with E-state index in [1.165, 1.54) is 23.9 Å². The SMILES string of the molecule is CS(=O)(=O)c1ccc(NC(=O)CSC(=S)N2CCCC2)cc1. The van der Waals surface area contributed by atoms with Crippen LogP contribution in [0.3, 0.4) is 0 Å². The molecule has 0 radical (unpaired) electrons. The van der Waals surface area contributed by atoms with E-state index < -0.39 is 9.84 Å². The first-order valence-corrected chi connectivity index (χ1v) is 10.2. The molecule has 22 heavy (non-hydrogen) atoms. The lowest BCUT2D eigenvalue weighted by atomic mass is 10.3. The summed E-state index contributed by atoms with van der Waals surface area (Å²) in [5.41, 5.74) is 0.574. The van der Waals surface area contributed by atoms with Gasteiger partial charge in [-0.05, 0) is 37.1 Å². The summed E-state index contributed by atoms with van der Waals surface area (Å²) in [6.07, 6.45) is 3.45. The van der Waals surface area contributed by atoms with Gasteiger partial charge in [-0.15, -0.1) is 0 Å². The fraction of sp³-hybridized carbons (Fsp3) is 0.429. The van der Waals surface area contributed by atoms with E-state index in [0.29, 0.717) is 5.69 Å². The summed E-state index contributed by atoms with van der Waals surface area (Å²) in [6.45, 7) is 1.95. The van der Waals surface area contributed by atoms with Crippen LogP contribution in [0.15, 0.2) is 29.2 Å². The number of hydrogen-bond acceptors (Lipinski definition) is 5. The maximum Gasteiger partial charge on any atom is 0.234 e. The summed E-state index contributed by atoms with van der Waals surface area (Å²) in [7, 11) is -3.22. The second-order valence-corrected chi connectivity index (χ2v) is 8.72. The van der Waals surface area contributed by atoms with Crippen LogP contribution in [-0.4, -0.2) is 48.6 Å². The zero-order chi connectivity index (χ0) is 16.2.